The zero-order chi connectivity index (χ0) is 15.3. The Bertz CT molecular complexity index is 598. The maximum absolute atomic E-state index is 10.3. The van der Waals surface area contributed by atoms with Gasteiger partial charge in [-0.3, -0.25) is 0 Å². The standard InChI is InChI=1S/C17H22BrNO2/c1-3-10-19-11-17(2,20)12-21-15-9-8-13-6-4-5-7-14(13)16(15)18/h4-9,19-20H,3,10-12H2,1-2H3. The predicted octanol–water partition coefficient (Wildman–Crippen LogP) is 3.73. The fraction of sp³-hybridized carbons (Fsp3) is 0.412. The van der Waals surface area contributed by atoms with Crippen molar-refractivity contribution in [1.82, 2.24) is 5.32 Å². The van der Waals surface area contributed by atoms with E-state index in [1.54, 1.807) is 6.92 Å². The molecular weight excluding hydrogens is 330 g/mol. The van der Waals surface area contributed by atoms with E-state index in [4.69, 9.17) is 4.74 Å². The van der Waals surface area contributed by atoms with Crippen molar-refractivity contribution in [2.45, 2.75) is 25.9 Å². The summed E-state index contributed by atoms with van der Waals surface area (Å²) in [5, 5.41) is 15.8. The smallest absolute Gasteiger partial charge is 0.134 e. The van der Waals surface area contributed by atoms with Crippen LogP contribution in [0.1, 0.15) is 20.3 Å². The van der Waals surface area contributed by atoms with Crippen LogP contribution in [0.5, 0.6) is 5.75 Å². The summed E-state index contributed by atoms with van der Waals surface area (Å²) < 4.78 is 6.73. The first-order valence-corrected chi connectivity index (χ1v) is 8.06. The largest absolute Gasteiger partial charge is 0.489 e. The van der Waals surface area contributed by atoms with Crippen LogP contribution in [0.3, 0.4) is 0 Å². The molecule has 0 bridgehead atoms. The van der Waals surface area contributed by atoms with E-state index in [1.165, 1.54) is 0 Å². The van der Waals surface area contributed by atoms with Crippen LogP contribution in [-0.2, 0) is 0 Å². The van der Waals surface area contributed by atoms with E-state index in [0.717, 1.165) is 34.0 Å². The third kappa shape index (κ3) is 4.43. The van der Waals surface area contributed by atoms with Crippen LogP contribution in [-0.4, -0.2) is 30.4 Å². The van der Waals surface area contributed by atoms with Gasteiger partial charge in [-0.25, -0.2) is 0 Å². The molecule has 0 amide bonds. The molecule has 0 aromatic heterocycles. The van der Waals surface area contributed by atoms with Gasteiger partial charge in [0, 0.05) is 6.54 Å². The summed E-state index contributed by atoms with van der Waals surface area (Å²) in [7, 11) is 0. The van der Waals surface area contributed by atoms with Crippen molar-refractivity contribution in [3.63, 3.8) is 0 Å². The second-order valence-corrected chi connectivity index (χ2v) is 6.35. The van der Waals surface area contributed by atoms with Crippen LogP contribution in [0.15, 0.2) is 40.9 Å². The molecule has 3 nitrogen and oxygen atoms in total. The molecule has 1 unspecified atom stereocenters. The molecule has 0 aliphatic rings. The molecule has 0 heterocycles. The van der Waals surface area contributed by atoms with Gasteiger partial charge in [-0.2, -0.15) is 0 Å². The Morgan fingerprint density at radius 1 is 1.24 bits per heavy atom. The van der Waals surface area contributed by atoms with Gasteiger partial charge in [0.05, 0.1) is 4.47 Å². The minimum absolute atomic E-state index is 0.251. The lowest BCUT2D eigenvalue weighted by molar-refractivity contribution is 0.0123. The monoisotopic (exact) mass is 351 g/mol. The van der Waals surface area contributed by atoms with E-state index in [2.05, 4.69) is 34.2 Å². The molecule has 0 radical (unpaired) electrons. The van der Waals surface area contributed by atoms with Crippen molar-refractivity contribution in [3.05, 3.63) is 40.9 Å². The summed E-state index contributed by atoms with van der Waals surface area (Å²) in [4.78, 5) is 0. The molecular formula is C17H22BrNO2. The van der Waals surface area contributed by atoms with Crippen LogP contribution >= 0.6 is 15.9 Å². The minimum atomic E-state index is -0.889. The number of rotatable bonds is 7. The first kappa shape index (κ1) is 16.3. The van der Waals surface area contributed by atoms with Crippen molar-refractivity contribution in [1.29, 1.82) is 0 Å². The van der Waals surface area contributed by atoms with Gasteiger partial charge in [0.25, 0.3) is 0 Å². The molecule has 0 fully saturated rings. The summed E-state index contributed by atoms with van der Waals surface area (Å²) in [6.07, 6.45) is 1.05. The summed E-state index contributed by atoms with van der Waals surface area (Å²) in [5.74, 6) is 0.754. The molecule has 2 aromatic rings. The number of nitrogens with one attached hydrogen (secondary N) is 1. The number of hydrogen-bond acceptors (Lipinski definition) is 3. The van der Waals surface area contributed by atoms with E-state index >= 15 is 0 Å². The lowest BCUT2D eigenvalue weighted by Crippen LogP contribution is -2.43. The molecule has 2 rings (SSSR count). The van der Waals surface area contributed by atoms with E-state index in [0.29, 0.717) is 6.54 Å². The van der Waals surface area contributed by atoms with E-state index in [1.807, 2.05) is 30.3 Å². The lowest BCUT2D eigenvalue weighted by Gasteiger charge is -2.24. The summed E-state index contributed by atoms with van der Waals surface area (Å²) in [5.41, 5.74) is -0.889. The summed E-state index contributed by atoms with van der Waals surface area (Å²) >= 11 is 3.59. The minimum Gasteiger partial charge on any atom is -0.489 e. The molecule has 114 valence electrons. The highest BCUT2D eigenvalue weighted by Crippen LogP contribution is 2.33. The maximum Gasteiger partial charge on any atom is 0.134 e. The molecule has 2 N–H and O–H groups in total. The molecule has 0 saturated carbocycles. The Balaban J connectivity index is 2.04. The molecule has 1 atom stereocenters. The molecule has 2 aromatic carbocycles. The SMILES string of the molecule is CCCNCC(C)(O)COc1ccc2ccccc2c1Br. The molecule has 0 saturated heterocycles. The first-order chi connectivity index (χ1) is 10.0. The second kappa shape index (κ2) is 7.25. The molecule has 0 aliphatic heterocycles. The highest BCUT2D eigenvalue weighted by molar-refractivity contribution is 9.10. The molecule has 0 aliphatic carbocycles. The van der Waals surface area contributed by atoms with Crippen LogP contribution in [0.25, 0.3) is 10.8 Å². The van der Waals surface area contributed by atoms with Gasteiger partial charge in [-0.05, 0) is 52.7 Å². The average Bonchev–Trinajstić information content (AvgIpc) is 2.47. The highest BCUT2D eigenvalue weighted by atomic mass is 79.9. The van der Waals surface area contributed by atoms with Gasteiger partial charge in [-0.15, -0.1) is 0 Å². The van der Waals surface area contributed by atoms with Crippen molar-refractivity contribution in [3.8, 4) is 5.75 Å². The van der Waals surface area contributed by atoms with Gasteiger partial charge in [0.1, 0.15) is 18.0 Å². The van der Waals surface area contributed by atoms with E-state index in [9.17, 15) is 5.11 Å². The van der Waals surface area contributed by atoms with Gasteiger partial charge in [-0.1, -0.05) is 37.3 Å². The van der Waals surface area contributed by atoms with Gasteiger partial charge < -0.3 is 15.2 Å². The topological polar surface area (TPSA) is 41.5 Å². The molecule has 0 spiro atoms. The summed E-state index contributed by atoms with van der Waals surface area (Å²) in [6, 6.07) is 12.1. The number of benzene rings is 2. The highest BCUT2D eigenvalue weighted by Gasteiger charge is 2.21. The second-order valence-electron chi connectivity index (χ2n) is 5.56. The number of fused-ring (bicyclic) bond motifs is 1. The van der Waals surface area contributed by atoms with Crippen LogP contribution in [0.4, 0.5) is 0 Å². The van der Waals surface area contributed by atoms with E-state index in [-0.39, 0.29) is 6.61 Å². The van der Waals surface area contributed by atoms with Gasteiger partial charge >= 0.3 is 0 Å². The van der Waals surface area contributed by atoms with Crippen LogP contribution < -0.4 is 10.1 Å². The Morgan fingerprint density at radius 3 is 2.76 bits per heavy atom. The fourth-order valence-electron chi connectivity index (χ4n) is 2.14. The fourth-order valence-corrected chi connectivity index (χ4v) is 2.75. The quantitative estimate of drug-likeness (QED) is 0.746. The molecule has 4 heteroatoms. The summed E-state index contributed by atoms with van der Waals surface area (Å²) in [6.45, 7) is 5.55. The molecule has 21 heavy (non-hydrogen) atoms. The van der Waals surface area contributed by atoms with Crippen molar-refractivity contribution in [2.24, 2.45) is 0 Å². The maximum atomic E-state index is 10.3. The van der Waals surface area contributed by atoms with Crippen LogP contribution in [0, 0.1) is 0 Å². The number of aliphatic hydroxyl groups is 1. The third-order valence-corrected chi connectivity index (χ3v) is 4.12. The zero-order valence-corrected chi connectivity index (χ0v) is 14.1. The zero-order valence-electron chi connectivity index (χ0n) is 12.5. The van der Waals surface area contributed by atoms with Gasteiger partial charge in [0.15, 0.2) is 0 Å². The average molecular weight is 352 g/mol. The lowest BCUT2D eigenvalue weighted by atomic mass is 10.1. The van der Waals surface area contributed by atoms with Crippen LogP contribution in [0.2, 0.25) is 0 Å². The van der Waals surface area contributed by atoms with Crippen molar-refractivity contribution in [2.75, 3.05) is 19.7 Å². The van der Waals surface area contributed by atoms with E-state index < -0.39 is 5.60 Å². The Kier molecular flexibility index (Phi) is 5.62. The number of hydrogen-bond donors (Lipinski definition) is 2. The first-order valence-electron chi connectivity index (χ1n) is 7.26. The van der Waals surface area contributed by atoms with Crippen molar-refractivity contribution >= 4 is 26.7 Å². The Labute approximate surface area is 134 Å². The predicted molar refractivity (Wildman–Crippen MR) is 90.9 cm³/mol. The number of halogens is 1. The van der Waals surface area contributed by atoms with Gasteiger partial charge in [0.2, 0.25) is 0 Å². The third-order valence-electron chi connectivity index (χ3n) is 3.30. The van der Waals surface area contributed by atoms with Crippen molar-refractivity contribution < 1.29 is 9.84 Å². The number of ether oxygens (including phenoxy) is 1. The Morgan fingerprint density at radius 2 is 2.00 bits per heavy atom. The normalized spacial score (nSPS) is 14.1. The Hall–Kier alpha value is -1.10.